The van der Waals surface area contributed by atoms with Crippen LogP contribution in [0.3, 0.4) is 0 Å². The van der Waals surface area contributed by atoms with Crippen molar-refractivity contribution < 1.29 is 0 Å². The first-order chi connectivity index (χ1) is 13.7. The van der Waals surface area contributed by atoms with Crippen molar-refractivity contribution in [3.8, 4) is 0 Å². The van der Waals surface area contributed by atoms with Gasteiger partial charge in [0, 0.05) is 52.7 Å². The molecule has 28 heavy (non-hydrogen) atoms. The molecule has 1 fully saturated rings. The van der Waals surface area contributed by atoms with Crippen LogP contribution in [0.2, 0.25) is 10.0 Å². The molecule has 4 rings (SSSR count). The van der Waals surface area contributed by atoms with Crippen molar-refractivity contribution in [3.63, 3.8) is 0 Å². The van der Waals surface area contributed by atoms with Gasteiger partial charge in [-0.3, -0.25) is 0 Å². The van der Waals surface area contributed by atoms with Crippen molar-refractivity contribution in [2.24, 2.45) is 0 Å². The van der Waals surface area contributed by atoms with Crippen molar-refractivity contribution >= 4 is 40.7 Å². The third-order valence-corrected chi connectivity index (χ3v) is 6.88. The monoisotopic (exact) mass is 431 g/mol. The Bertz CT molecular complexity index is 891. The van der Waals surface area contributed by atoms with E-state index >= 15 is 0 Å². The number of nitrogens with zero attached hydrogens (tertiary/aromatic N) is 3. The minimum atomic E-state index is 0.166. The number of rotatable bonds is 6. The summed E-state index contributed by atoms with van der Waals surface area (Å²) in [5.74, 6) is 0. The minimum Gasteiger partial charge on any atom is -0.372 e. The van der Waals surface area contributed by atoms with Gasteiger partial charge >= 0.3 is 0 Å². The zero-order valence-electron chi connectivity index (χ0n) is 15.6. The van der Waals surface area contributed by atoms with Crippen LogP contribution < -0.4 is 4.90 Å². The lowest BCUT2D eigenvalue weighted by Crippen LogP contribution is -2.29. The quantitative estimate of drug-likeness (QED) is 0.404. The van der Waals surface area contributed by atoms with Gasteiger partial charge in [0.05, 0.1) is 11.6 Å². The molecule has 0 bridgehead atoms. The molecule has 1 unspecified atom stereocenters. The summed E-state index contributed by atoms with van der Waals surface area (Å²) >= 11 is 14.5. The summed E-state index contributed by atoms with van der Waals surface area (Å²) in [6.45, 7) is 3.12. The first-order valence-corrected chi connectivity index (χ1v) is 11.2. The molecular formula is C22H23Cl2N3S. The topological polar surface area (TPSA) is 21.1 Å². The highest BCUT2D eigenvalue weighted by Gasteiger charge is 2.18. The van der Waals surface area contributed by atoms with Gasteiger partial charge in [0.1, 0.15) is 0 Å². The smallest absolute Gasteiger partial charge is 0.0946 e. The number of thioether (sulfide) groups is 1. The van der Waals surface area contributed by atoms with Crippen LogP contribution in [0.4, 0.5) is 5.69 Å². The first-order valence-electron chi connectivity index (χ1n) is 9.61. The van der Waals surface area contributed by atoms with Gasteiger partial charge in [-0.05, 0) is 61.2 Å². The highest BCUT2D eigenvalue weighted by Crippen LogP contribution is 2.40. The summed E-state index contributed by atoms with van der Waals surface area (Å²) in [6, 6.07) is 14.7. The second kappa shape index (κ2) is 9.25. The molecule has 0 saturated carbocycles. The van der Waals surface area contributed by atoms with Gasteiger partial charge in [0.15, 0.2) is 0 Å². The number of halogens is 2. The lowest BCUT2D eigenvalue weighted by Gasteiger charge is -2.29. The summed E-state index contributed by atoms with van der Waals surface area (Å²) in [5.41, 5.74) is 2.41. The molecule has 1 aliphatic heterocycles. The van der Waals surface area contributed by atoms with Crippen LogP contribution in [0, 0.1) is 0 Å². The standard InChI is InChI=1S/C22H23Cl2N3S/c23-17-4-9-20(21(24)14-17)22(15-26-13-10-25-16-26)28-19-7-5-18(6-8-19)27-11-2-1-3-12-27/h4-10,13-14,16,22H,1-3,11-12,15H2. The fourth-order valence-electron chi connectivity index (χ4n) is 3.60. The third kappa shape index (κ3) is 4.86. The van der Waals surface area contributed by atoms with Crippen LogP contribution in [0.1, 0.15) is 30.1 Å². The van der Waals surface area contributed by atoms with Crippen molar-refractivity contribution in [2.45, 2.75) is 36.0 Å². The van der Waals surface area contributed by atoms with E-state index in [1.807, 2.05) is 42.5 Å². The summed E-state index contributed by atoms with van der Waals surface area (Å²) in [6.07, 6.45) is 9.56. The van der Waals surface area contributed by atoms with Crippen LogP contribution in [0.15, 0.2) is 66.1 Å². The number of benzene rings is 2. The lowest BCUT2D eigenvalue weighted by atomic mass is 10.1. The van der Waals surface area contributed by atoms with Crippen LogP contribution in [0.25, 0.3) is 0 Å². The number of imidazole rings is 1. The van der Waals surface area contributed by atoms with Gasteiger partial charge < -0.3 is 9.47 Å². The van der Waals surface area contributed by atoms with Crippen molar-refractivity contribution in [3.05, 3.63) is 76.8 Å². The number of hydrogen-bond acceptors (Lipinski definition) is 3. The number of piperidine rings is 1. The Morgan fingerprint density at radius 2 is 1.79 bits per heavy atom. The molecule has 3 nitrogen and oxygen atoms in total. The van der Waals surface area contributed by atoms with Crippen molar-refractivity contribution in [1.82, 2.24) is 9.55 Å². The van der Waals surface area contributed by atoms with E-state index in [4.69, 9.17) is 23.2 Å². The van der Waals surface area contributed by atoms with E-state index in [1.54, 1.807) is 6.20 Å². The van der Waals surface area contributed by atoms with E-state index in [-0.39, 0.29) is 5.25 Å². The van der Waals surface area contributed by atoms with E-state index in [0.29, 0.717) is 10.0 Å². The fourth-order valence-corrected chi connectivity index (χ4v) is 5.41. The second-order valence-corrected chi connectivity index (χ2v) is 9.19. The SMILES string of the molecule is Clc1ccc(C(Cn2ccnc2)Sc2ccc(N3CCCCC3)cc2)c(Cl)c1. The van der Waals surface area contributed by atoms with Crippen LogP contribution in [-0.2, 0) is 6.54 Å². The Balaban J connectivity index is 1.54. The molecule has 2 aromatic carbocycles. The average Bonchev–Trinajstić information content (AvgIpc) is 3.22. The molecule has 6 heteroatoms. The fraction of sp³-hybridized carbons (Fsp3) is 0.318. The zero-order chi connectivity index (χ0) is 19.3. The van der Waals surface area contributed by atoms with Gasteiger partial charge in [-0.1, -0.05) is 29.3 Å². The number of aromatic nitrogens is 2. The molecule has 1 atom stereocenters. The van der Waals surface area contributed by atoms with Crippen molar-refractivity contribution in [1.29, 1.82) is 0 Å². The summed E-state index contributed by atoms with van der Waals surface area (Å²) in [5, 5.41) is 1.53. The maximum absolute atomic E-state index is 6.53. The predicted octanol–water partition coefficient (Wildman–Crippen LogP) is 6.71. The Hall–Kier alpha value is -1.62. The van der Waals surface area contributed by atoms with E-state index < -0.39 is 0 Å². The number of hydrogen-bond donors (Lipinski definition) is 0. The molecule has 0 radical (unpaired) electrons. The maximum atomic E-state index is 6.53. The van der Waals surface area contributed by atoms with Crippen LogP contribution in [-0.4, -0.2) is 22.6 Å². The van der Waals surface area contributed by atoms with Gasteiger partial charge in [0.25, 0.3) is 0 Å². The molecule has 0 aliphatic carbocycles. The van der Waals surface area contributed by atoms with Crippen LogP contribution >= 0.6 is 35.0 Å². The Kier molecular flexibility index (Phi) is 6.50. The molecule has 146 valence electrons. The van der Waals surface area contributed by atoms with E-state index in [2.05, 4.69) is 38.7 Å². The van der Waals surface area contributed by atoms with Crippen molar-refractivity contribution in [2.75, 3.05) is 18.0 Å². The highest BCUT2D eigenvalue weighted by molar-refractivity contribution is 7.99. The summed E-state index contributed by atoms with van der Waals surface area (Å²) < 4.78 is 2.09. The summed E-state index contributed by atoms with van der Waals surface area (Å²) in [7, 11) is 0. The highest BCUT2D eigenvalue weighted by atomic mass is 35.5. The van der Waals surface area contributed by atoms with Crippen LogP contribution in [0.5, 0.6) is 0 Å². The molecule has 1 saturated heterocycles. The predicted molar refractivity (Wildman–Crippen MR) is 120 cm³/mol. The molecule has 2 heterocycles. The largest absolute Gasteiger partial charge is 0.372 e. The second-order valence-electron chi connectivity index (χ2n) is 7.07. The maximum Gasteiger partial charge on any atom is 0.0946 e. The number of anilines is 1. The molecule has 3 aromatic rings. The lowest BCUT2D eigenvalue weighted by molar-refractivity contribution is 0.578. The molecule has 0 spiro atoms. The Morgan fingerprint density at radius 3 is 2.46 bits per heavy atom. The van der Waals surface area contributed by atoms with E-state index in [1.165, 1.54) is 29.8 Å². The Morgan fingerprint density at radius 1 is 1.00 bits per heavy atom. The average molecular weight is 432 g/mol. The molecule has 1 aromatic heterocycles. The van der Waals surface area contributed by atoms with E-state index in [0.717, 1.165) is 25.2 Å². The minimum absolute atomic E-state index is 0.166. The van der Waals surface area contributed by atoms with E-state index in [9.17, 15) is 0 Å². The first kappa shape index (κ1) is 19.7. The third-order valence-electron chi connectivity index (χ3n) is 5.08. The van der Waals surface area contributed by atoms with Gasteiger partial charge in [-0.2, -0.15) is 0 Å². The zero-order valence-corrected chi connectivity index (χ0v) is 17.9. The molecule has 0 amide bonds. The van der Waals surface area contributed by atoms with Gasteiger partial charge in [0.2, 0.25) is 0 Å². The molecular weight excluding hydrogens is 409 g/mol. The normalized spacial score (nSPS) is 15.6. The Labute approximate surface area is 180 Å². The van der Waals surface area contributed by atoms with Gasteiger partial charge in [-0.15, -0.1) is 11.8 Å². The van der Waals surface area contributed by atoms with Gasteiger partial charge in [-0.25, -0.2) is 4.98 Å². The summed E-state index contributed by atoms with van der Waals surface area (Å²) in [4.78, 5) is 7.89. The molecule has 1 aliphatic rings. The molecule has 0 N–H and O–H groups in total.